The molecule has 20 heavy (non-hydrogen) atoms. The van der Waals surface area contributed by atoms with E-state index in [-0.39, 0.29) is 0 Å². The van der Waals surface area contributed by atoms with Crippen LogP contribution in [0.2, 0.25) is 0 Å². The van der Waals surface area contributed by atoms with Crippen LogP contribution in [-0.2, 0) is 17.7 Å². The highest BCUT2D eigenvalue weighted by atomic mass is 16.5. The summed E-state index contributed by atoms with van der Waals surface area (Å²) in [6, 6.07) is 2.16. The monoisotopic (exact) mass is 274 g/mol. The highest BCUT2D eigenvalue weighted by molar-refractivity contribution is 5.98. The largest absolute Gasteiger partial charge is 0.462 e. The fourth-order valence-electron chi connectivity index (χ4n) is 2.39. The van der Waals surface area contributed by atoms with Gasteiger partial charge in [-0.1, -0.05) is 0 Å². The Hall–Kier alpha value is -2.29. The van der Waals surface area contributed by atoms with Crippen molar-refractivity contribution in [2.24, 2.45) is 4.99 Å². The summed E-state index contributed by atoms with van der Waals surface area (Å²) in [5.74, 6) is -0.398. The Morgan fingerprint density at radius 2 is 2.35 bits per heavy atom. The Morgan fingerprint density at radius 1 is 1.60 bits per heavy atom. The van der Waals surface area contributed by atoms with Gasteiger partial charge in [0.1, 0.15) is 23.0 Å². The van der Waals surface area contributed by atoms with Crippen molar-refractivity contribution < 1.29 is 9.53 Å². The Morgan fingerprint density at radius 3 is 2.95 bits per heavy atom. The Bertz CT molecular complexity index is 593. The molecule has 6 nitrogen and oxygen atoms in total. The topological polar surface area (TPSA) is 70.6 Å². The van der Waals surface area contributed by atoms with Gasteiger partial charge in [0.05, 0.1) is 12.9 Å². The fourth-order valence-corrected chi connectivity index (χ4v) is 2.39. The zero-order valence-electron chi connectivity index (χ0n) is 12.0. The van der Waals surface area contributed by atoms with Crippen LogP contribution in [0.5, 0.6) is 0 Å². The molecule has 0 aromatic carbocycles. The van der Waals surface area contributed by atoms with Crippen LogP contribution < -0.4 is 0 Å². The fraction of sp³-hybridized carbons (Fsp3) is 0.500. The molecule has 2 rings (SSSR count). The first-order valence-corrected chi connectivity index (χ1v) is 6.63. The summed E-state index contributed by atoms with van der Waals surface area (Å²) < 4.78 is 6.99. The maximum atomic E-state index is 12.2. The number of rotatable bonds is 4. The number of hydrogen-bond acceptors (Lipinski definition) is 4. The minimum absolute atomic E-state index is 0.308. The number of fused-ring (bicyclic) bond motifs is 1. The van der Waals surface area contributed by atoms with E-state index in [9.17, 15) is 10.1 Å². The second kappa shape index (κ2) is 5.78. The molecule has 0 fully saturated rings. The molecular weight excluding hydrogens is 256 g/mol. The summed E-state index contributed by atoms with van der Waals surface area (Å²) in [6.07, 6.45) is 3.31. The van der Waals surface area contributed by atoms with Gasteiger partial charge in [-0.05, 0) is 19.8 Å². The maximum absolute atomic E-state index is 12.2. The molecule has 0 spiro atoms. The Balaban J connectivity index is 2.58. The lowest BCUT2D eigenvalue weighted by molar-refractivity contribution is 0.0526. The third-order valence-electron chi connectivity index (χ3n) is 3.14. The van der Waals surface area contributed by atoms with Gasteiger partial charge in [0, 0.05) is 26.3 Å². The first kappa shape index (κ1) is 14.1. The van der Waals surface area contributed by atoms with Crippen molar-refractivity contribution in [2.75, 3.05) is 20.7 Å². The number of aliphatic imine (C=N–C) groups is 1. The summed E-state index contributed by atoms with van der Waals surface area (Å²) in [5, 5.41) is 9.36. The number of aromatic nitrogens is 1. The molecule has 0 N–H and O–H groups in total. The molecule has 106 valence electrons. The summed E-state index contributed by atoms with van der Waals surface area (Å²) in [4.78, 5) is 18.2. The summed E-state index contributed by atoms with van der Waals surface area (Å²) in [6.45, 7) is 2.83. The molecule has 1 aromatic rings. The number of carbonyl (C=O) groups is 1. The van der Waals surface area contributed by atoms with Crippen molar-refractivity contribution in [3.05, 3.63) is 17.0 Å². The summed E-state index contributed by atoms with van der Waals surface area (Å²) in [5.41, 5.74) is 2.18. The van der Waals surface area contributed by atoms with Gasteiger partial charge >= 0.3 is 5.97 Å². The van der Waals surface area contributed by atoms with E-state index in [0.717, 1.165) is 25.1 Å². The first-order valence-electron chi connectivity index (χ1n) is 6.63. The average molecular weight is 274 g/mol. The van der Waals surface area contributed by atoms with Crippen molar-refractivity contribution in [1.29, 1.82) is 5.26 Å². The van der Waals surface area contributed by atoms with Gasteiger partial charge in [-0.2, -0.15) is 5.26 Å². The van der Waals surface area contributed by atoms with Crippen molar-refractivity contribution in [1.82, 2.24) is 9.47 Å². The third-order valence-corrected chi connectivity index (χ3v) is 3.14. The van der Waals surface area contributed by atoms with E-state index in [1.54, 1.807) is 18.2 Å². The van der Waals surface area contributed by atoms with Crippen LogP contribution in [-0.4, -0.2) is 42.5 Å². The molecule has 0 radical (unpaired) electrons. The van der Waals surface area contributed by atoms with Gasteiger partial charge in [0.25, 0.3) is 0 Å². The zero-order valence-corrected chi connectivity index (χ0v) is 12.0. The molecular formula is C14H18N4O2. The van der Waals surface area contributed by atoms with Crippen LogP contribution in [0.3, 0.4) is 0 Å². The van der Waals surface area contributed by atoms with Gasteiger partial charge in [0.2, 0.25) is 0 Å². The van der Waals surface area contributed by atoms with Crippen molar-refractivity contribution in [3.8, 4) is 6.07 Å². The number of hydrogen-bond donors (Lipinski definition) is 0. The van der Waals surface area contributed by atoms with E-state index in [1.165, 1.54) is 0 Å². The molecule has 0 saturated carbocycles. The maximum Gasteiger partial charge on any atom is 0.342 e. The number of ether oxygens (including phenoxy) is 1. The third kappa shape index (κ3) is 2.39. The molecule has 0 bridgehead atoms. The second-order valence-corrected chi connectivity index (χ2v) is 4.81. The normalized spacial score (nSPS) is 13.3. The summed E-state index contributed by atoms with van der Waals surface area (Å²) >= 11 is 0. The lowest BCUT2D eigenvalue weighted by Gasteiger charge is -2.05. The lowest BCUT2D eigenvalue weighted by Crippen LogP contribution is -2.09. The van der Waals surface area contributed by atoms with E-state index in [0.29, 0.717) is 23.6 Å². The van der Waals surface area contributed by atoms with Crippen LogP contribution in [0.4, 0.5) is 5.69 Å². The predicted molar refractivity (Wildman–Crippen MR) is 75.3 cm³/mol. The smallest absolute Gasteiger partial charge is 0.342 e. The molecule has 0 amide bonds. The van der Waals surface area contributed by atoms with Gasteiger partial charge in [0.15, 0.2) is 0 Å². The molecule has 2 heterocycles. The number of nitrogens with zero attached hydrogens (tertiary/aromatic N) is 4. The van der Waals surface area contributed by atoms with Crippen molar-refractivity contribution in [2.45, 2.75) is 26.3 Å². The zero-order chi connectivity index (χ0) is 14.7. The highest BCUT2D eigenvalue weighted by Gasteiger charge is 2.30. The van der Waals surface area contributed by atoms with Gasteiger partial charge in [-0.25, -0.2) is 9.79 Å². The van der Waals surface area contributed by atoms with E-state index >= 15 is 0 Å². The number of carbonyl (C=O) groups excluding carboxylic acids is 1. The van der Waals surface area contributed by atoms with Crippen molar-refractivity contribution >= 4 is 18.0 Å². The predicted octanol–water partition coefficient (Wildman–Crippen LogP) is 1.70. The lowest BCUT2D eigenvalue weighted by atomic mass is 10.1. The summed E-state index contributed by atoms with van der Waals surface area (Å²) in [7, 11) is 3.67. The first-order chi connectivity index (χ1) is 9.60. The van der Waals surface area contributed by atoms with E-state index in [1.807, 2.05) is 18.7 Å². The van der Waals surface area contributed by atoms with Crippen LogP contribution in [0.15, 0.2) is 4.99 Å². The standard InChI is InChI=1S/C14H18N4O2/c1-4-20-14(19)12-10-6-5-7-18(10)11(8-15)13(12)16-9-17(2)3/h9H,4-7H2,1-3H3. The van der Waals surface area contributed by atoms with Gasteiger partial charge < -0.3 is 14.2 Å². The van der Waals surface area contributed by atoms with Crippen LogP contribution in [0.25, 0.3) is 0 Å². The van der Waals surface area contributed by atoms with E-state index in [2.05, 4.69) is 11.1 Å². The Kier molecular flexibility index (Phi) is 4.08. The SMILES string of the molecule is CCOC(=O)c1c(N=CN(C)C)c(C#N)n2c1CCC2. The molecule has 6 heteroatoms. The van der Waals surface area contributed by atoms with E-state index in [4.69, 9.17) is 4.74 Å². The van der Waals surface area contributed by atoms with E-state index < -0.39 is 5.97 Å². The molecule has 0 saturated heterocycles. The Labute approximate surface area is 118 Å². The highest BCUT2D eigenvalue weighted by Crippen LogP contribution is 2.35. The van der Waals surface area contributed by atoms with Crippen LogP contribution >= 0.6 is 0 Å². The van der Waals surface area contributed by atoms with Gasteiger partial charge in [-0.15, -0.1) is 0 Å². The molecule has 1 aromatic heterocycles. The quantitative estimate of drug-likeness (QED) is 0.476. The average Bonchev–Trinajstić information content (AvgIpc) is 2.95. The molecule has 0 unspecified atom stereocenters. The molecule has 1 aliphatic rings. The van der Waals surface area contributed by atoms with Crippen molar-refractivity contribution in [3.63, 3.8) is 0 Å². The van der Waals surface area contributed by atoms with Gasteiger partial charge in [-0.3, -0.25) is 0 Å². The van der Waals surface area contributed by atoms with Crippen LogP contribution in [0, 0.1) is 11.3 Å². The minimum Gasteiger partial charge on any atom is -0.462 e. The van der Waals surface area contributed by atoms with Crippen LogP contribution in [0.1, 0.15) is 35.1 Å². The number of esters is 1. The molecule has 1 aliphatic heterocycles. The molecule has 0 aliphatic carbocycles. The minimum atomic E-state index is -0.398. The second-order valence-electron chi connectivity index (χ2n) is 4.81. The molecule has 0 atom stereocenters. The number of nitriles is 1.